The molecule has 0 bridgehead atoms. The molecule has 4 N–H and O–H groups in total. The van der Waals surface area contributed by atoms with Crippen LogP contribution in [0.4, 0.5) is 0 Å². The molecule has 1 rings (SSSR count). The van der Waals surface area contributed by atoms with Crippen LogP contribution in [-0.4, -0.2) is 42.4 Å². The van der Waals surface area contributed by atoms with Crippen molar-refractivity contribution in [2.24, 2.45) is 5.73 Å². The van der Waals surface area contributed by atoms with Gasteiger partial charge in [-0.25, -0.2) is 0 Å². The van der Waals surface area contributed by atoms with Gasteiger partial charge in [0.25, 0.3) is 0 Å². The molecule has 1 fully saturated rings. The Morgan fingerprint density at radius 2 is 2.43 bits per heavy atom. The summed E-state index contributed by atoms with van der Waals surface area (Å²) in [4.78, 5) is 11.5. The molecule has 3 atom stereocenters. The molecule has 2 unspecified atom stereocenters. The fourth-order valence-electron chi connectivity index (χ4n) is 1.45. The molecule has 0 aromatic heterocycles. The molecule has 0 saturated carbocycles. The van der Waals surface area contributed by atoms with Crippen LogP contribution >= 0.6 is 0 Å². The normalized spacial score (nSPS) is 28.8. The molecule has 1 saturated heterocycles. The molecule has 0 aliphatic carbocycles. The molecule has 1 heterocycles. The zero-order chi connectivity index (χ0) is 10.6. The summed E-state index contributed by atoms with van der Waals surface area (Å²) in [5.41, 5.74) is 5.43. The summed E-state index contributed by atoms with van der Waals surface area (Å²) in [5, 5.41) is 11.4. The standard InChI is InChI=1S/C9H18N2O3/c1-6(5-12)11-9(13)8-3-2-7(4-10)14-8/h6-8,12H,2-5,10H2,1H3,(H,11,13)/t6-,7?,8?/m1/s1. The van der Waals surface area contributed by atoms with Gasteiger partial charge in [0, 0.05) is 12.6 Å². The van der Waals surface area contributed by atoms with Crippen molar-refractivity contribution in [3.63, 3.8) is 0 Å². The van der Waals surface area contributed by atoms with Crippen molar-refractivity contribution in [2.75, 3.05) is 13.2 Å². The number of nitrogens with one attached hydrogen (secondary N) is 1. The van der Waals surface area contributed by atoms with Crippen LogP contribution in [-0.2, 0) is 9.53 Å². The van der Waals surface area contributed by atoms with Crippen LogP contribution in [0.5, 0.6) is 0 Å². The predicted molar refractivity (Wildman–Crippen MR) is 51.6 cm³/mol. The molecule has 0 aromatic carbocycles. The van der Waals surface area contributed by atoms with E-state index in [0.717, 1.165) is 6.42 Å². The van der Waals surface area contributed by atoms with Gasteiger partial charge in [0.1, 0.15) is 6.10 Å². The largest absolute Gasteiger partial charge is 0.394 e. The fraction of sp³-hybridized carbons (Fsp3) is 0.889. The van der Waals surface area contributed by atoms with Gasteiger partial charge in [-0.3, -0.25) is 4.79 Å². The number of rotatable bonds is 4. The van der Waals surface area contributed by atoms with Crippen LogP contribution in [0.1, 0.15) is 19.8 Å². The van der Waals surface area contributed by atoms with Gasteiger partial charge >= 0.3 is 0 Å². The van der Waals surface area contributed by atoms with Crippen LogP contribution in [0, 0.1) is 0 Å². The molecular weight excluding hydrogens is 184 g/mol. The highest BCUT2D eigenvalue weighted by Gasteiger charge is 2.30. The van der Waals surface area contributed by atoms with Gasteiger partial charge < -0.3 is 20.9 Å². The topological polar surface area (TPSA) is 84.6 Å². The van der Waals surface area contributed by atoms with Gasteiger partial charge in [0.15, 0.2) is 0 Å². The summed E-state index contributed by atoms with van der Waals surface area (Å²) in [6.45, 7) is 2.14. The first kappa shape index (κ1) is 11.4. The van der Waals surface area contributed by atoms with Crippen molar-refractivity contribution in [3.05, 3.63) is 0 Å². The lowest BCUT2D eigenvalue weighted by Crippen LogP contribution is -2.42. The van der Waals surface area contributed by atoms with Crippen molar-refractivity contribution in [1.82, 2.24) is 5.32 Å². The zero-order valence-electron chi connectivity index (χ0n) is 8.40. The van der Waals surface area contributed by atoms with Gasteiger partial charge in [-0.1, -0.05) is 0 Å². The Labute approximate surface area is 83.6 Å². The predicted octanol–water partition coefficient (Wildman–Crippen LogP) is -1.01. The number of nitrogens with two attached hydrogens (primary N) is 1. The minimum absolute atomic E-state index is 0.00943. The summed E-state index contributed by atoms with van der Waals surface area (Å²) < 4.78 is 5.40. The van der Waals surface area contributed by atoms with Crippen LogP contribution in [0.25, 0.3) is 0 Å². The second-order valence-corrected chi connectivity index (χ2v) is 3.65. The lowest BCUT2D eigenvalue weighted by atomic mass is 10.2. The molecule has 5 heteroatoms. The minimum atomic E-state index is -0.391. The number of hydrogen-bond donors (Lipinski definition) is 3. The Hall–Kier alpha value is -0.650. The smallest absolute Gasteiger partial charge is 0.249 e. The van der Waals surface area contributed by atoms with Crippen molar-refractivity contribution >= 4 is 5.91 Å². The molecule has 0 spiro atoms. The van der Waals surface area contributed by atoms with E-state index < -0.39 is 6.10 Å². The number of carbonyl (C=O) groups is 1. The van der Waals surface area contributed by atoms with E-state index in [1.165, 1.54) is 0 Å². The second kappa shape index (κ2) is 5.29. The first-order valence-corrected chi connectivity index (χ1v) is 4.94. The third-order valence-electron chi connectivity index (χ3n) is 2.33. The van der Waals surface area contributed by atoms with Gasteiger partial charge in [0.05, 0.1) is 12.7 Å². The quantitative estimate of drug-likeness (QED) is 0.545. The Kier molecular flexibility index (Phi) is 4.31. The number of ether oxygens (including phenoxy) is 1. The third kappa shape index (κ3) is 2.94. The minimum Gasteiger partial charge on any atom is -0.394 e. The number of carbonyl (C=O) groups excluding carboxylic acids is 1. The lowest BCUT2D eigenvalue weighted by molar-refractivity contribution is -0.132. The van der Waals surface area contributed by atoms with E-state index in [0.29, 0.717) is 13.0 Å². The Balaban J connectivity index is 2.32. The highest BCUT2D eigenvalue weighted by molar-refractivity contribution is 5.81. The maximum Gasteiger partial charge on any atom is 0.249 e. The lowest BCUT2D eigenvalue weighted by Gasteiger charge is -2.15. The molecule has 82 valence electrons. The summed E-state index contributed by atoms with van der Waals surface area (Å²) in [7, 11) is 0. The maximum absolute atomic E-state index is 11.5. The fourth-order valence-corrected chi connectivity index (χ4v) is 1.45. The number of amides is 1. The van der Waals surface area contributed by atoms with Crippen molar-refractivity contribution in [2.45, 2.75) is 38.0 Å². The summed E-state index contributed by atoms with van der Waals surface area (Å²) in [6, 6.07) is -0.219. The average Bonchev–Trinajstić information content (AvgIpc) is 2.65. The molecule has 1 amide bonds. The first-order chi connectivity index (χ1) is 6.67. The summed E-state index contributed by atoms with van der Waals surface area (Å²) in [6.07, 6.45) is 1.17. The van der Waals surface area contributed by atoms with Gasteiger partial charge in [-0.2, -0.15) is 0 Å². The Morgan fingerprint density at radius 3 is 2.93 bits per heavy atom. The van der Waals surface area contributed by atoms with E-state index in [4.69, 9.17) is 15.6 Å². The number of aliphatic hydroxyl groups is 1. The van der Waals surface area contributed by atoms with Gasteiger partial charge in [0.2, 0.25) is 5.91 Å². The van der Waals surface area contributed by atoms with E-state index in [-0.39, 0.29) is 24.7 Å². The third-order valence-corrected chi connectivity index (χ3v) is 2.33. The molecule has 14 heavy (non-hydrogen) atoms. The SMILES string of the molecule is C[C@H](CO)NC(=O)C1CCC(CN)O1. The monoisotopic (exact) mass is 202 g/mol. The Morgan fingerprint density at radius 1 is 1.71 bits per heavy atom. The van der Waals surface area contributed by atoms with Gasteiger partial charge in [-0.15, -0.1) is 0 Å². The van der Waals surface area contributed by atoms with Crippen molar-refractivity contribution in [1.29, 1.82) is 0 Å². The number of hydrogen-bond acceptors (Lipinski definition) is 4. The molecule has 5 nitrogen and oxygen atoms in total. The highest BCUT2D eigenvalue weighted by atomic mass is 16.5. The van der Waals surface area contributed by atoms with E-state index in [1.807, 2.05) is 0 Å². The van der Waals surface area contributed by atoms with E-state index in [2.05, 4.69) is 5.32 Å². The number of aliphatic hydroxyl groups excluding tert-OH is 1. The Bertz CT molecular complexity index is 198. The van der Waals surface area contributed by atoms with E-state index in [9.17, 15) is 4.79 Å². The van der Waals surface area contributed by atoms with Crippen LogP contribution in [0.2, 0.25) is 0 Å². The molecular formula is C9H18N2O3. The summed E-state index contributed by atoms with van der Waals surface area (Å²) in [5.74, 6) is -0.150. The van der Waals surface area contributed by atoms with Gasteiger partial charge in [-0.05, 0) is 19.8 Å². The van der Waals surface area contributed by atoms with Crippen LogP contribution < -0.4 is 11.1 Å². The molecule has 0 radical (unpaired) electrons. The summed E-state index contributed by atoms with van der Waals surface area (Å²) >= 11 is 0. The first-order valence-electron chi connectivity index (χ1n) is 4.94. The van der Waals surface area contributed by atoms with Crippen molar-refractivity contribution in [3.8, 4) is 0 Å². The van der Waals surface area contributed by atoms with E-state index >= 15 is 0 Å². The zero-order valence-corrected chi connectivity index (χ0v) is 8.40. The van der Waals surface area contributed by atoms with E-state index in [1.54, 1.807) is 6.92 Å². The molecule has 0 aromatic rings. The van der Waals surface area contributed by atoms with Crippen LogP contribution in [0.3, 0.4) is 0 Å². The van der Waals surface area contributed by atoms with Crippen LogP contribution in [0.15, 0.2) is 0 Å². The average molecular weight is 202 g/mol. The van der Waals surface area contributed by atoms with Crippen molar-refractivity contribution < 1.29 is 14.6 Å². The second-order valence-electron chi connectivity index (χ2n) is 3.65. The maximum atomic E-state index is 11.5. The highest BCUT2D eigenvalue weighted by Crippen LogP contribution is 2.18. The molecule has 1 aliphatic rings. The molecule has 1 aliphatic heterocycles.